The molecule has 12 heavy (non-hydrogen) atoms. The van der Waals surface area contributed by atoms with Gasteiger partial charge in [0.05, 0.1) is 5.52 Å². The van der Waals surface area contributed by atoms with Gasteiger partial charge in [-0.1, -0.05) is 0 Å². The lowest BCUT2D eigenvalue weighted by molar-refractivity contribution is 1.06. The van der Waals surface area contributed by atoms with Crippen LogP contribution in [0.4, 0.5) is 0 Å². The molecule has 0 saturated heterocycles. The summed E-state index contributed by atoms with van der Waals surface area (Å²) in [5, 5.41) is 0. The summed E-state index contributed by atoms with van der Waals surface area (Å²) >= 11 is 1.48. The van der Waals surface area contributed by atoms with Crippen LogP contribution in [0.5, 0.6) is 0 Å². The molecule has 0 aliphatic rings. The summed E-state index contributed by atoms with van der Waals surface area (Å²) in [4.78, 5) is 19.3. The molecule has 3 nitrogen and oxygen atoms in total. The van der Waals surface area contributed by atoms with Crippen molar-refractivity contribution in [1.29, 1.82) is 0 Å². The van der Waals surface area contributed by atoms with Crippen LogP contribution in [0.15, 0.2) is 10.9 Å². The van der Waals surface area contributed by atoms with E-state index in [1.54, 1.807) is 6.92 Å². The molecule has 2 aromatic heterocycles. The van der Waals surface area contributed by atoms with Gasteiger partial charge in [0.1, 0.15) is 10.5 Å². The topological polar surface area (TPSA) is 45.8 Å². The summed E-state index contributed by atoms with van der Waals surface area (Å²) in [6.45, 7) is 3.76. The molecule has 0 saturated carbocycles. The molecule has 0 spiro atoms. The summed E-state index contributed by atoms with van der Waals surface area (Å²) in [6, 6.07) is 1.97. The van der Waals surface area contributed by atoms with Crippen LogP contribution in [-0.2, 0) is 0 Å². The number of aryl methyl sites for hydroxylation is 2. The minimum absolute atomic E-state index is 0.126. The third-order valence-corrected chi connectivity index (χ3v) is 2.67. The Balaban J connectivity index is 2.98. The zero-order valence-corrected chi connectivity index (χ0v) is 7.66. The second-order valence-electron chi connectivity index (χ2n) is 2.73. The van der Waals surface area contributed by atoms with E-state index >= 15 is 0 Å². The minimum Gasteiger partial charge on any atom is -0.343 e. The number of nitrogens with zero attached hydrogens (tertiary/aromatic N) is 1. The lowest BCUT2D eigenvalue weighted by Crippen LogP contribution is -2.07. The molecule has 2 aromatic rings. The van der Waals surface area contributed by atoms with Crippen LogP contribution in [0, 0.1) is 13.8 Å². The number of nitrogens with one attached hydrogen (secondary N) is 1. The van der Waals surface area contributed by atoms with Gasteiger partial charge in [0.25, 0.3) is 5.56 Å². The molecule has 0 atom stereocenters. The zero-order chi connectivity index (χ0) is 8.72. The molecule has 0 amide bonds. The molecule has 62 valence electrons. The predicted octanol–water partition coefficient (Wildman–Crippen LogP) is 1.60. The molecule has 0 aromatic carbocycles. The molecule has 0 bridgehead atoms. The van der Waals surface area contributed by atoms with Gasteiger partial charge in [-0.2, -0.15) is 4.98 Å². The van der Waals surface area contributed by atoms with Crippen molar-refractivity contribution in [2.24, 2.45) is 0 Å². The molecular weight excluding hydrogens is 172 g/mol. The second-order valence-corrected chi connectivity index (χ2v) is 3.98. The van der Waals surface area contributed by atoms with Crippen LogP contribution in [0.3, 0.4) is 0 Å². The van der Waals surface area contributed by atoms with Crippen LogP contribution >= 0.6 is 11.3 Å². The summed E-state index contributed by atoms with van der Waals surface area (Å²) < 4.78 is 0.720. The minimum atomic E-state index is -0.126. The maximum absolute atomic E-state index is 11.3. The van der Waals surface area contributed by atoms with Crippen molar-refractivity contribution in [2.75, 3.05) is 0 Å². The Morgan fingerprint density at radius 1 is 1.50 bits per heavy atom. The van der Waals surface area contributed by atoms with E-state index in [1.165, 1.54) is 11.3 Å². The van der Waals surface area contributed by atoms with Gasteiger partial charge in [0.2, 0.25) is 0 Å². The molecule has 0 fully saturated rings. The normalized spacial score (nSPS) is 10.8. The van der Waals surface area contributed by atoms with Gasteiger partial charge in [-0.15, -0.1) is 11.3 Å². The predicted molar refractivity (Wildman–Crippen MR) is 49.7 cm³/mol. The van der Waals surface area contributed by atoms with Crippen molar-refractivity contribution >= 4 is 21.6 Å². The van der Waals surface area contributed by atoms with Gasteiger partial charge < -0.3 is 4.98 Å². The average Bonchev–Trinajstić information content (AvgIpc) is 2.29. The Bertz CT molecular complexity index is 483. The number of rotatable bonds is 0. The summed E-state index contributed by atoms with van der Waals surface area (Å²) in [5.74, 6) is 0.672. The fourth-order valence-electron chi connectivity index (χ4n) is 1.19. The standard InChI is InChI=1S/C8H8N2OS/c1-4-3-6-7(12-4)8(11)10-5(2)9-6/h3H,1-2H3,(H,9,10,11). The lowest BCUT2D eigenvalue weighted by Gasteiger charge is -1.90. The molecule has 0 aliphatic carbocycles. The largest absolute Gasteiger partial charge is 0.343 e. The summed E-state index contributed by atoms with van der Waals surface area (Å²) in [5.41, 5.74) is 0.773. The van der Waals surface area contributed by atoms with Crippen molar-refractivity contribution < 1.29 is 0 Å². The molecule has 2 rings (SSSR count). The maximum Gasteiger partial charge on any atom is 0.290 e. The molecule has 1 N–H and O–H groups in total. The van der Waals surface area contributed by atoms with Crippen molar-refractivity contribution in [2.45, 2.75) is 13.8 Å². The fourth-order valence-corrected chi connectivity index (χ4v) is 2.04. The smallest absolute Gasteiger partial charge is 0.290 e. The zero-order valence-electron chi connectivity index (χ0n) is 6.84. The van der Waals surface area contributed by atoms with E-state index in [4.69, 9.17) is 0 Å². The monoisotopic (exact) mass is 180 g/mol. The van der Waals surface area contributed by atoms with E-state index in [0.29, 0.717) is 5.82 Å². The quantitative estimate of drug-likeness (QED) is 0.669. The first-order valence-corrected chi connectivity index (χ1v) is 4.45. The first kappa shape index (κ1) is 7.49. The van der Waals surface area contributed by atoms with Crippen molar-refractivity contribution in [1.82, 2.24) is 9.97 Å². The van der Waals surface area contributed by atoms with Crippen molar-refractivity contribution in [3.63, 3.8) is 0 Å². The van der Waals surface area contributed by atoms with Crippen LogP contribution in [0.25, 0.3) is 10.2 Å². The first-order chi connectivity index (χ1) is 5.66. The Morgan fingerprint density at radius 2 is 2.25 bits per heavy atom. The van der Waals surface area contributed by atoms with Gasteiger partial charge >= 0.3 is 0 Å². The summed E-state index contributed by atoms with van der Waals surface area (Å²) in [6.07, 6.45) is 0. The Morgan fingerprint density at radius 3 is 3.00 bits per heavy atom. The van der Waals surface area contributed by atoms with Crippen LogP contribution in [0.2, 0.25) is 0 Å². The van der Waals surface area contributed by atoms with E-state index < -0.39 is 0 Å². The highest BCUT2D eigenvalue weighted by molar-refractivity contribution is 7.18. The number of thiophene rings is 1. The van der Waals surface area contributed by atoms with E-state index in [0.717, 1.165) is 15.1 Å². The molecule has 2 heterocycles. The molecule has 0 aliphatic heterocycles. The van der Waals surface area contributed by atoms with E-state index in [-0.39, 0.29) is 5.56 Å². The van der Waals surface area contributed by atoms with Crippen LogP contribution in [0.1, 0.15) is 10.7 Å². The molecule has 0 radical (unpaired) electrons. The number of H-pyrrole nitrogens is 1. The Kier molecular flexibility index (Phi) is 1.51. The second kappa shape index (κ2) is 2.42. The Labute approximate surface area is 73.1 Å². The number of aromatic amines is 1. The van der Waals surface area contributed by atoms with E-state index in [9.17, 15) is 4.79 Å². The van der Waals surface area contributed by atoms with Crippen LogP contribution < -0.4 is 5.56 Å². The molecule has 4 heteroatoms. The SMILES string of the molecule is Cc1nc(=O)c2sc(C)cc2[nH]1. The van der Waals surface area contributed by atoms with Crippen molar-refractivity contribution in [3.8, 4) is 0 Å². The highest BCUT2D eigenvalue weighted by atomic mass is 32.1. The lowest BCUT2D eigenvalue weighted by atomic mass is 10.4. The molecular formula is C8H8N2OS. The van der Waals surface area contributed by atoms with Gasteiger partial charge in [0, 0.05) is 4.88 Å². The fraction of sp³-hybridized carbons (Fsp3) is 0.250. The van der Waals surface area contributed by atoms with E-state index in [1.807, 2.05) is 13.0 Å². The van der Waals surface area contributed by atoms with Crippen molar-refractivity contribution in [3.05, 3.63) is 27.1 Å². The summed E-state index contributed by atoms with van der Waals surface area (Å²) in [7, 11) is 0. The Hall–Kier alpha value is -1.16. The number of aromatic nitrogens is 2. The maximum atomic E-state index is 11.3. The van der Waals surface area contributed by atoms with Gasteiger partial charge in [0.15, 0.2) is 0 Å². The average molecular weight is 180 g/mol. The number of fused-ring (bicyclic) bond motifs is 1. The van der Waals surface area contributed by atoms with Gasteiger partial charge in [-0.3, -0.25) is 4.79 Å². The first-order valence-electron chi connectivity index (χ1n) is 3.64. The van der Waals surface area contributed by atoms with Gasteiger partial charge in [-0.25, -0.2) is 0 Å². The third-order valence-electron chi connectivity index (χ3n) is 1.63. The van der Waals surface area contributed by atoms with Gasteiger partial charge in [-0.05, 0) is 19.9 Å². The number of hydrogen-bond donors (Lipinski definition) is 1. The third kappa shape index (κ3) is 1.04. The number of hydrogen-bond acceptors (Lipinski definition) is 3. The highest BCUT2D eigenvalue weighted by Crippen LogP contribution is 2.18. The van der Waals surface area contributed by atoms with E-state index in [2.05, 4.69) is 9.97 Å². The van der Waals surface area contributed by atoms with Crippen LogP contribution in [-0.4, -0.2) is 9.97 Å². The highest BCUT2D eigenvalue weighted by Gasteiger charge is 2.03. The molecule has 0 unspecified atom stereocenters.